The predicted octanol–water partition coefficient (Wildman–Crippen LogP) is 4.69. The number of carbonyl (C=O) groups is 2. The van der Waals surface area contributed by atoms with Gasteiger partial charge in [-0.25, -0.2) is 0 Å². The van der Waals surface area contributed by atoms with Gasteiger partial charge in [-0.2, -0.15) is 0 Å². The van der Waals surface area contributed by atoms with E-state index in [9.17, 15) is 9.59 Å². The molecule has 0 atom stereocenters. The third-order valence-corrected chi connectivity index (χ3v) is 3.66. The molecule has 0 fully saturated rings. The smallest absolute Gasteiger partial charge is 0.229 e. The predicted molar refractivity (Wildman–Crippen MR) is 84.5 cm³/mol. The van der Waals surface area contributed by atoms with E-state index in [1.165, 1.54) is 30.6 Å². The van der Waals surface area contributed by atoms with Crippen LogP contribution in [0.15, 0.2) is 0 Å². The standard InChI is InChI=1S/C17H33NO2/c1-4-7-9-10-11-13-15-17(20)18(6-3)16(19)14-12-8-5-2/h4-15H2,1-3H3. The number of rotatable bonds is 12. The summed E-state index contributed by atoms with van der Waals surface area (Å²) in [5, 5.41) is 0. The summed E-state index contributed by atoms with van der Waals surface area (Å²) < 4.78 is 0. The van der Waals surface area contributed by atoms with Gasteiger partial charge in [-0.05, 0) is 19.8 Å². The Kier molecular flexibility index (Phi) is 12.6. The molecule has 0 aliphatic rings. The van der Waals surface area contributed by atoms with Crippen LogP contribution in [0.3, 0.4) is 0 Å². The van der Waals surface area contributed by atoms with Gasteiger partial charge in [0.05, 0.1) is 0 Å². The minimum absolute atomic E-state index is 0.0110. The second kappa shape index (κ2) is 13.1. The van der Waals surface area contributed by atoms with Crippen molar-refractivity contribution in [2.24, 2.45) is 0 Å². The highest BCUT2D eigenvalue weighted by molar-refractivity contribution is 5.95. The molecule has 0 bridgehead atoms. The topological polar surface area (TPSA) is 37.4 Å². The van der Waals surface area contributed by atoms with Crippen LogP contribution in [0.4, 0.5) is 0 Å². The van der Waals surface area contributed by atoms with Gasteiger partial charge < -0.3 is 0 Å². The van der Waals surface area contributed by atoms with E-state index in [1.54, 1.807) is 0 Å². The van der Waals surface area contributed by atoms with E-state index in [1.807, 2.05) is 6.92 Å². The first-order valence-corrected chi connectivity index (χ1v) is 8.50. The second-order valence-electron chi connectivity index (χ2n) is 5.51. The molecule has 3 nitrogen and oxygen atoms in total. The summed E-state index contributed by atoms with van der Waals surface area (Å²) in [6.07, 6.45) is 11.1. The van der Waals surface area contributed by atoms with Gasteiger partial charge in [0, 0.05) is 19.4 Å². The van der Waals surface area contributed by atoms with Crippen LogP contribution in [-0.2, 0) is 9.59 Å². The zero-order valence-electron chi connectivity index (χ0n) is 13.7. The summed E-state index contributed by atoms with van der Waals surface area (Å²) in [5.74, 6) is 0.0291. The van der Waals surface area contributed by atoms with Crippen molar-refractivity contribution in [3.63, 3.8) is 0 Å². The molecule has 0 unspecified atom stereocenters. The molecule has 0 spiro atoms. The van der Waals surface area contributed by atoms with Crippen molar-refractivity contribution >= 4 is 11.8 Å². The van der Waals surface area contributed by atoms with Gasteiger partial charge in [0.1, 0.15) is 0 Å². The number of amides is 2. The van der Waals surface area contributed by atoms with Crippen LogP contribution >= 0.6 is 0 Å². The molecule has 0 heterocycles. The maximum Gasteiger partial charge on any atom is 0.229 e. The molecule has 0 N–H and O–H groups in total. The second-order valence-corrected chi connectivity index (χ2v) is 5.51. The number of hydrogen-bond acceptors (Lipinski definition) is 2. The number of unbranched alkanes of at least 4 members (excludes halogenated alkanes) is 7. The van der Waals surface area contributed by atoms with Crippen molar-refractivity contribution in [3.8, 4) is 0 Å². The molecule has 0 aromatic rings. The van der Waals surface area contributed by atoms with E-state index >= 15 is 0 Å². The van der Waals surface area contributed by atoms with Gasteiger partial charge in [-0.3, -0.25) is 14.5 Å². The van der Waals surface area contributed by atoms with Crippen molar-refractivity contribution in [3.05, 3.63) is 0 Å². The van der Waals surface area contributed by atoms with E-state index in [0.29, 0.717) is 19.4 Å². The summed E-state index contributed by atoms with van der Waals surface area (Å²) >= 11 is 0. The van der Waals surface area contributed by atoms with Crippen molar-refractivity contribution in [2.45, 2.75) is 91.4 Å². The highest BCUT2D eigenvalue weighted by Crippen LogP contribution is 2.10. The molecule has 0 rings (SSSR count). The van der Waals surface area contributed by atoms with Crippen molar-refractivity contribution < 1.29 is 9.59 Å². The van der Waals surface area contributed by atoms with Crippen molar-refractivity contribution in [1.82, 2.24) is 4.90 Å². The molecule has 3 heteroatoms. The third-order valence-electron chi connectivity index (χ3n) is 3.66. The van der Waals surface area contributed by atoms with Crippen LogP contribution in [0.1, 0.15) is 91.4 Å². The van der Waals surface area contributed by atoms with Gasteiger partial charge >= 0.3 is 0 Å². The van der Waals surface area contributed by atoms with Gasteiger partial charge in [-0.1, -0.05) is 58.8 Å². The molecule has 0 aromatic heterocycles. The highest BCUT2D eigenvalue weighted by atomic mass is 16.2. The molecule has 0 aliphatic heterocycles. The van der Waals surface area contributed by atoms with Crippen LogP contribution in [0.5, 0.6) is 0 Å². The Morgan fingerprint density at radius 2 is 1.05 bits per heavy atom. The fourth-order valence-electron chi connectivity index (χ4n) is 2.34. The fraction of sp³-hybridized carbons (Fsp3) is 0.882. The van der Waals surface area contributed by atoms with Crippen LogP contribution in [0, 0.1) is 0 Å². The van der Waals surface area contributed by atoms with Gasteiger partial charge in [0.2, 0.25) is 11.8 Å². The minimum Gasteiger partial charge on any atom is -0.283 e. The van der Waals surface area contributed by atoms with E-state index in [4.69, 9.17) is 0 Å². The zero-order chi connectivity index (χ0) is 15.2. The Hall–Kier alpha value is -0.860. The van der Waals surface area contributed by atoms with E-state index in [0.717, 1.165) is 32.1 Å². The molecule has 20 heavy (non-hydrogen) atoms. The maximum absolute atomic E-state index is 12.0. The molecular weight excluding hydrogens is 250 g/mol. The lowest BCUT2D eigenvalue weighted by atomic mass is 10.1. The van der Waals surface area contributed by atoms with Crippen LogP contribution in [-0.4, -0.2) is 23.3 Å². The Bertz CT molecular complexity index is 264. The molecular formula is C17H33NO2. The van der Waals surface area contributed by atoms with Crippen LogP contribution < -0.4 is 0 Å². The average molecular weight is 283 g/mol. The third kappa shape index (κ3) is 9.11. The van der Waals surface area contributed by atoms with Gasteiger partial charge in [0.25, 0.3) is 0 Å². The van der Waals surface area contributed by atoms with Crippen LogP contribution in [0.2, 0.25) is 0 Å². The first-order valence-electron chi connectivity index (χ1n) is 8.50. The average Bonchev–Trinajstić information content (AvgIpc) is 2.43. The molecule has 0 aliphatic carbocycles. The molecule has 0 saturated heterocycles. The van der Waals surface area contributed by atoms with Crippen molar-refractivity contribution in [1.29, 1.82) is 0 Å². The number of carbonyl (C=O) groups excluding carboxylic acids is 2. The summed E-state index contributed by atoms with van der Waals surface area (Å²) in [4.78, 5) is 25.5. The van der Waals surface area contributed by atoms with Gasteiger partial charge in [-0.15, -0.1) is 0 Å². The summed E-state index contributed by atoms with van der Waals surface area (Å²) in [6, 6.07) is 0. The molecule has 2 amide bonds. The van der Waals surface area contributed by atoms with E-state index in [-0.39, 0.29) is 11.8 Å². The van der Waals surface area contributed by atoms with E-state index in [2.05, 4.69) is 13.8 Å². The monoisotopic (exact) mass is 283 g/mol. The number of imide groups is 1. The van der Waals surface area contributed by atoms with E-state index < -0.39 is 0 Å². The molecule has 118 valence electrons. The number of hydrogen-bond donors (Lipinski definition) is 0. The highest BCUT2D eigenvalue weighted by Gasteiger charge is 2.18. The first-order chi connectivity index (χ1) is 9.67. The summed E-state index contributed by atoms with van der Waals surface area (Å²) in [6.45, 7) is 6.72. The fourth-order valence-corrected chi connectivity index (χ4v) is 2.34. The van der Waals surface area contributed by atoms with Crippen LogP contribution in [0.25, 0.3) is 0 Å². The summed E-state index contributed by atoms with van der Waals surface area (Å²) in [5.41, 5.74) is 0. The first kappa shape index (κ1) is 19.1. The summed E-state index contributed by atoms with van der Waals surface area (Å²) in [7, 11) is 0. The lowest BCUT2D eigenvalue weighted by Crippen LogP contribution is -2.36. The zero-order valence-corrected chi connectivity index (χ0v) is 13.7. The largest absolute Gasteiger partial charge is 0.283 e. The number of nitrogens with zero attached hydrogens (tertiary/aromatic N) is 1. The quantitative estimate of drug-likeness (QED) is 0.487. The Morgan fingerprint density at radius 3 is 1.55 bits per heavy atom. The Balaban J connectivity index is 3.86. The SMILES string of the molecule is CCCCCCCCC(=O)N(CC)C(=O)CCCCC. The lowest BCUT2D eigenvalue weighted by molar-refractivity contribution is -0.144. The Labute approximate surface area is 125 Å². The lowest BCUT2D eigenvalue weighted by Gasteiger charge is -2.19. The minimum atomic E-state index is 0.0110. The molecule has 0 aromatic carbocycles. The molecule has 0 saturated carbocycles. The Morgan fingerprint density at radius 1 is 0.650 bits per heavy atom. The molecule has 0 radical (unpaired) electrons. The normalized spacial score (nSPS) is 10.6. The van der Waals surface area contributed by atoms with Gasteiger partial charge in [0.15, 0.2) is 0 Å². The van der Waals surface area contributed by atoms with Crippen molar-refractivity contribution in [2.75, 3.05) is 6.54 Å². The maximum atomic E-state index is 12.0.